The van der Waals surface area contributed by atoms with Crippen molar-refractivity contribution in [3.8, 4) is 17.6 Å². The highest BCUT2D eigenvalue weighted by Gasteiger charge is 2.29. The maximum atomic E-state index is 13.8. The normalized spacial score (nSPS) is 17.0. The number of benzene rings is 2. The van der Waals surface area contributed by atoms with Crippen LogP contribution in [0.3, 0.4) is 0 Å². The number of aromatic nitrogens is 2. The van der Waals surface area contributed by atoms with Gasteiger partial charge < -0.3 is 20.8 Å². The molecule has 2 aromatic heterocycles. The molecular formula is C28H26N6O6S. The van der Waals surface area contributed by atoms with E-state index in [1.165, 1.54) is 36.5 Å². The van der Waals surface area contributed by atoms with Crippen LogP contribution in [0.5, 0.6) is 11.5 Å². The average Bonchev–Trinajstić information content (AvgIpc) is 3.44. The van der Waals surface area contributed by atoms with Crippen molar-refractivity contribution in [2.24, 2.45) is 17.6 Å². The molecule has 5 rings (SSSR count). The van der Waals surface area contributed by atoms with Crippen molar-refractivity contribution in [3.63, 3.8) is 0 Å². The quantitative estimate of drug-likeness (QED) is 0.183. The molecule has 0 bridgehead atoms. The van der Waals surface area contributed by atoms with Gasteiger partial charge in [-0.1, -0.05) is 6.07 Å². The lowest BCUT2D eigenvalue weighted by molar-refractivity contribution is -0.384. The van der Waals surface area contributed by atoms with Gasteiger partial charge in [0.1, 0.15) is 22.0 Å². The van der Waals surface area contributed by atoms with Crippen LogP contribution in [-0.4, -0.2) is 35.8 Å². The average molecular weight is 575 g/mol. The van der Waals surface area contributed by atoms with E-state index in [1.807, 2.05) is 0 Å². The number of carbonyl (C=O) groups excluding carboxylic acids is 1. The molecule has 1 saturated carbocycles. The van der Waals surface area contributed by atoms with Crippen molar-refractivity contribution in [3.05, 3.63) is 76.6 Å². The minimum Gasteiger partial charge on any atom is -0.453 e. The van der Waals surface area contributed by atoms with E-state index >= 15 is 0 Å². The second kappa shape index (κ2) is 11.3. The number of H-pyrrole nitrogens is 1. The monoisotopic (exact) mass is 574 g/mol. The first kappa shape index (κ1) is 27.6. The highest BCUT2D eigenvalue weighted by molar-refractivity contribution is 7.91. The molecule has 2 aromatic carbocycles. The predicted octanol–water partition coefficient (Wildman–Crippen LogP) is 4.94. The van der Waals surface area contributed by atoms with Crippen LogP contribution in [0.25, 0.3) is 11.0 Å². The van der Waals surface area contributed by atoms with Crippen LogP contribution in [0.1, 0.15) is 36.0 Å². The van der Waals surface area contributed by atoms with Crippen LogP contribution in [-0.2, 0) is 9.84 Å². The summed E-state index contributed by atoms with van der Waals surface area (Å²) < 4.78 is 33.5. The van der Waals surface area contributed by atoms with E-state index in [0.717, 1.165) is 31.7 Å². The van der Waals surface area contributed by atoms with Crippen molar-refractivity contribution in [2.45, 2.75) is 35.5 Å². The summed E-state index contributed by atoms with van der Waals surface area (Å²) >= 11 is 0. The van der Waals surface area contributed by atoms with Crippen LogP contribution in [0, 0.1) is 33.3 Å². The lowest BCUT2D eigenvalue weighted by Crippen LogP contribution is -2.21. The number of hydrogen-bond donors (Lipinski definition) is 3. The zero-order chi connectivity index (χ0) is 29.1. The van der Waals surface area contributed by atoms with Gasteiger partial charge >= 0.3 is 0 Å². The summed E-state index contributed by atoms with van der Waals surface area (Å²) in [5.74, 6) is -0.771. The fourth-order valence-electron chi connectivity index (χ4n) is 4.98. The third-order valence-corrected chi connectivity index (χ3v) is 8.99. The number of nitro groups is 1. The Labute approximate surface area is 235 Å². The number of carbonyl (C=O) groups is 1. The number of hydrogen-bond acceptors (Lipinski definition) is 9. The third kappa shape index (κ3) is 5.68. The first-order valence-corrected chi connectivity index (χ1v) is 14.4. The van der Waals surface area contributed by atoms with E-state index in [9.17, 15) is 23.3 Å². The van der Waals surface area contributed by atoms with Gasteiger partial charge in [-0.15, -0.1) is 0 Å². The molecule has 0 atom stereocenters. The van der Waals surface area contributed by atoms with Gasteiger partial charge in [0.25, 0.3) is 11.6 Å². The van der Waals surface area contributed by atoms with E-state index in [2.05, 4.69) is 21.4 Å². The van der Waals surface area contributed by atoms with Gasteiger partial charge in [0.2, 0.25) is 9.84 Å². The van der Waals surface area contributed by atoms with E-state index < -0.39 is 26.4 Å². The first-order valence-electron chi connectivity index (χ1n) is 12.9. The first-order chi connectivity index (χ1) is 19.7. The van der Waals surface area contributed by atoms with Gasteiger partial charge in [-0.3, -0.25) is 14.9 Å². The maximum Gasteiger partial charge on any atom is 0.293 e. The zero-order valence-electron chi connectivity index (χ0n) is 21.7. The third-order valence-electron chi connectivity index (χ3n) is 7.22. The number of nitrogens with zero attached hydrogens (tertiary/aromatic N) is 3. The van der Waals surface area contributed by atoms with Gasteiger partial charge in [0, 0.05) is 30.1 Å². The number of nitrogens with one attached hydrogen (secondary N) is 2. The molecule has 0 unspecified atom stereocenters. The molecule has 4 aromatic rings. The summed E-state index contributed by atoms with van der Waals surface area (Å²) in [5, 5.41) is 24.8. The smallest absolute Gasteiger partial charge is 0.293 e. The number of primary amides is 1. The van der Waals surface area contributed by atoms with Gasteiger partial charge in [0.05, 0.1) is 27.6 Å². The van der Waals surface area contributed by atoms with Gasteiger partial charge in [-0.2, -0.15) is 5.26 Å². The number of para-hydroxylation sites is 1. The second-order valence-electron chi connectivity index (χ2n) is 9.85. The summed E-state index contributed by atoms with van der Waals surface area (Å²) in [7, 11) is -4.42. The lowest BCUT2D eigenvalue weighted by atomic mass is 9.83. The number of nitrogens with two attached hydrogens (primary N) is 1. The van der Waals surface area contributed by atoms with Gasteiger partial charge in [-0.05, 0) is 68.0 Å². The molecular weight excluding hydrogens is 548 g/mol. The molecule has 2 heterocycles. The van der Waals surface area contributed by atoms with Crippen LogP contribution in [0.15, 0.2) is 70.7 Å². The number of ether oxygens (including phenoxy) is 1. The summed E-state index contributed by atoms with van der Waals surface area (Å²) in [6.45, 7) is 0.462. The predicted molar refractivity (Wildman–Crippen MR) is 149 cm³/mol. The highest BCUT2D eigenvalue weighted by atomic mass is 32.2. The number of amides is 1. The van der Waals surface area contributed by atoms with Crippen molar-refractivity contribution >= 4 is 38.2 Å². The molecule has 0 spiro atoms. The summed E-state index contributed by atoms with van der Waals surface area (Å²) in [5.41, 5.74) is 5.72. The van der Waals surface area contributed by atoms with E-state index in [-0.39, 0.29) is 44.4 Å². The van der Waals surface area contributed by atoms with Crippen LogP contribution >= 0.6 is 0 Å². The zero-order valence-corrected chi connectivity index (χ0v) is 22.6. The summed E-state index contributed by atoms with van der Waals surface area (Å²) in [6.07, 6.45) is 6.27. The Hall–Kier alpha value is -4.96. The molecule has 0 radical (unpaired) electrons. The number of sulfone groups is 1. The number of rotatable bonds is 9. The second-order valence-corrected chi connectivity index (χ2v) is 11.8. The van der Waals surface area contributed by atoms with Crippen LogP contribution in [0.2, 0.25) is 0 Å². The molecule has 1 amide bonds. The van der Waals surface area contributed by atoms with Crippen LogP contribution in [0.4, 0.5) is 11.4 Å². The molecule has 4 N–H and O–H groups in total. The molecule has 1 aliphatic rings. The molecule has 41 heavy (non-hydrogen) atoms. The fourth-order valence-corrected chi connectivity index (χ4v) is 6.40. The molecule has 1 aliphatic carbocycles. The minimum absolute atomic E-state index is 0.0415. The Morgan fingerprint density at radius 2 is 1.98 bits per heavy atom. The Bertz CT molecular complexity index is 1790. The number of nitriles is 1. The van der Waals surface area contributed by atoms with Crippen molar-refractivity contribution < 1.29 is 22.9 Å². The Morgan fingerprint density at radius 1 is 1.20 bits per heavy atom. The van der Waals surface area contributed by atoms with Crippen LogP contribution < -0.4 is 15.8 Å². The minimum atomic E-state index is -4.42. The Balaban J connectivity index is 1.47. The standard InChI is InChI=1S/C28H26N6O6S/c29-14-17-4-6-18(7-5-17)15-32-23-9-8-21(13-24(23)34(36)37)41(38,39)25-3-1-2-22(27(30)35)26(25)40-20-12-19-10-11-31-28(19)33-16-20/h1-3,8-13,16-18,32H,4-7,15H2,(H2,30,35)(H,31,33). The number of aromatic amines is 1. The number of pyridine rings is 1. The highest BCUT2D eigenvalue weighted by Crippen LogP contribution is 2.38. The molecule has 210 valence electrons. The molecule has 0 aliphatic heterocycles. The van der Waals surface area contributed by atoms with E-state index in [0.29, 0.717) is 17.6 Å². The molecule has 12 nitrogen and oxygen atoms in total. The van der Waals surface area contributed by atoms with Crippen molar-refractivity contribution in [2.75, 3.05) is 11.9 Å². The topological polar surface area (TPSA) is 194 Å². The lowest BCUT2D eigenvalue weighted by Gasteiger charge is -2.25. The summed E-state index contributed by atoms with van der Waals surface area (Å²) in [4.78, 5) is 30.0. The van der Waals surface area contributed by atoms with Gasteiger partial charge in [-0.25, -0.2) is 13.4 Å². The van der Waals surface area contributed by atoms with E-state index in [4.69, 9.17) is 15.7 Å². The largest absolute Gasteiger partial charge is 0.453 e. The Kier molecular flexibility index (Phi) is 7.58. The molecule has 0 saturated heterocycles. The van der Waals surface area contributed by atoms with Crippen molar-refractivity contribution in [1.82, 2.24) is 9.97 Å². The van der Waals surface area contributed by atoms with Crippen molar-refractivity contribution in [1.29, 1.82) is 5.26 Å². The number of anilines is 1. The van der Waals surface area contributed by atoms with E-state index in [1.54, 1.807) is 18.3 Å². The SMILES string of the molecule is N#CC1CCC(CNc2ccc(S(=O)(=O)c3cccc(C(N)=O)c3Oc3cnc4[nH]ccc4c3)cc2[N+](=O)[O-])CC1. The number of fused-ring (bicyclic) bond motifs is 1. The maximum absolute atomic E-state index is 13.8. The summed E-state index contributed by atoms with van der Waals surface area (Å²) in [6, 6.07) is 13.2. The molecule has 13 heteroatoms. The fraction of sp³-hybridized carbons (Fsp3) is 0.250. The van der Waals surface area contributed by atoms with Gasteiger partial charge in [0.15, 0.2) is 5.75 Å². The molecule has 1 fully saturated rings. The number of nitro benzene ring substituents is 1. The Morgan fingerprint density at radius 3 is 2.68 bits per heavy atom.